The minimum Gasteiger partial charge on any atom is -0.309 e. The third-order valence-electron chi connectivity index (χ3n) is 11.9. The maximum atomic E-state index is 9.38. The Morgan fingerprint density at radius 3 is 1.81 bits per heavy atom. The van der Waals surface area contributed by atoms with Gasteiger partial charge in [-0.2, -0.15) is 0 Å². The molecule has 0 aliphatic carbocycles. The third kappa shape index (κ3) is 5.59. The van der Waals surface area contributed by atoms with Crippen molar-refractivity contribution < 1.29 is 8.22 Å². The highest BCUT2D eigenvalue weighted by Gasteiger charge is 2.23. The summed E-state index contributed by atoms with van der Waals surface area (Å²) < 4.78 is 60.8. The molecule has 4 heterocycles. The summed E-state index contributed by atoms with van der Waals surface area (Å²) in [6, 6.07) is 57.1. The Morgan fingerprint density at radius 2 is 1.02 bits per heavy atom. The van der Waals surface area contributed by atoms with E-state index in [2.05, 4.69) is 83.4 Å². The Hall–Kier alpha value is -8.19. The van der Waals surface area contributed by atoms with Crippen LogP contribution in [0.2, 0.25) is 0 Å². The van der Waals surface area contributed by atoms with E-state index in [4.69, 9.17) is 17.7 Å². The smallest absolute Gasteiger partial charge is 0.166 e. The van der Waals surface area contributed by atoms with Crippen molar-refractivity contribution in [3.8, 4) is 56.7 Å². The van der Waals surface area contributed by atoms with Crippen LogP contribution in [0.5, 0.6) is 0 Å². The Bertz CT molecular complexity index is 4210. The number of benzene rings is 9. The molecule has 0 N–H and O–H groups in total. The van der Waals surface area contributed by atoms with Crippen LogP contribution in [0.4, 0.5) is 0 Å². The summed E-state index contributed by atoms with van der Waals surface area (Å²) in [5, 5.41) is 4.65. The first kappa shape index (κ1) is 29.9. The second-order valence-electron chi connectivity index (χ2n) is 15.5. The number of nitrogens with zero attached hydrogens (tertiary/aromatic N) is 5. The predicted molar refractivity (Wildman–Crippen MR) is 263 cm³/mol. The van der Waals surface area contributed by atoms with Gasteiger partial charge >= 0.3 is 0 Å². The first-order valence-electron chi connectivity index (χ1n) is 23.7. The quantitative estimate of drug-likeness (QED) is 0.168. The maximum Gasteiger partial charge on any atom is 0.166 e. The van der Waals surface area contributed by atoms with Crippen LogP contribution in [0, 0.1) is 0 Å². The molecule has 0 saturated carbocycles. The summed E-state index contributed by atoms with van der Waals surface area (Å²) in [5.41, 5.74) is 8.03. The van der Waals surface area contributed by atoms with Crippen LogP contribution in [0.15, 0.2) is 212 Å². The molecule has 0 amide bonds. The molecule has 0 spiro atoms. The predicted octanol–water partition coefficient (Wildman–Crippen LogP) is 15.1. The molecule has 9 aromatic carbocycles. The molecule has 0 saturated heterocycles. The number of hydrogen-bond donors (Lipinski definition) is 0. The minimum atomic E-state index is -0.186. The summed E-state index contributed by atoms with van der Waals surface area (Å²) in [6.45, 7) is 0. The van der Waals surface area contributed by atoms with Crippen molar-refractivity contribution >= 4 is 75.1 Å². The van der Waals surface area contributed by atoms with E-state index in [0.29, 0.717) is 28.7 Å². The van der Waals surface area contributed by atoms with Crippen LogP contribution in [0.25, 0.3) is 120 Å². The highest BCUT2D eigenvalue weighted by Crippen LogP contribution is 2.44. The van der Waals surface area contributed by atoms with Crippen molar-refractivity contribution in [3.05, 3.63) is 212 Å². The van der Waals surface area contributed by atoms with E-state index in [-0.39, 0.29) is 58.1 Å². The summed E-state index contributed by atoms with van der Waals surface area (Å²) in [6.07, 6.45) is 0. The Morgan fingerprint density at radius 1 is 0.397 bits per heavy atom. The maximum absolute atomic E-state index is 9.38. The fraction of sp³-hybridized carbons (Fsp3) is 0. The van der Waals surface area contributed by atoms with Gasteiger partial charge in [0.15, 0.2) is 17.5 Å². The van der Waals surface area contributed by atoms with Crippen molar-refractivity contribution in [2.45, 2.75) is 0 Å². The number of aromatic nitrogens is 5. The van der Waals surface area contributed by atoms with Gasteiger partial charge in [-0.1, -0.05) is 158 Å². The first-order chi connectivity index (χ1) is 33.7. The highest BCUT2D eigenvalue weighted by molar-refractivity contribution is 7.26. The lowest BCUT2D eigenvalue weighted by molar-refractivity contribution is 1.07. The number of rotatable bonds is 6. The molecular formula is C57H35N5S. The van der Waals surface area contributed by atoms with Crippen LogP contribution in [0.1, 0.15) is 8.22 Å². The van der Waals surface area contributed by atoms with E-state index in [9.17, 15) is 5.48 Å². The Balaban J connectivity index is 1.16. The zero-order valence-corrected chi connectivity index (χ0v) is 34.2. The standard InChI is InChI=1S/C57H35N5S/c1-3-17-36(18-4-1)55-58-56(45-27-16-31-51-53(45)44-24-9-13-30-49(44)61(51)38-19-5-2-6-20-38)60-57(59-55)46-35-37(39-25-15-26-43-42-23-10-14-32-52(42)63-54(39)43)33-34-50(46)62-47-28-11-7-21-40(47)41-22-8-12-29-48(41)62/h1-35H/i7D,8D,21D,22D,28D,29D. The molecule has 0 aliphatic rings. The number of fused-ring (bicyclic) bond motifs is 9. The van der Waals surface area contributed by atoms with Crippen LogP contribution in [-0.2, 0) is 0 Å². The van der Waals surface area contributed by atoms with Crippen molar-refractivity contribution in [3.63, 3.8) is 0 Å². The normalized spacial score (nSPS) is 13.1. The fourth-order valence-electron chi connectivity index (χ4n) is 9.20. The lowest BCUT2D eigenvalue weighted by Crippen LogP contribution is -2.04. The molecule has 0 bridgehead atoms. The first-order valence-corrected chi connectivity index (χ1v) is 21.5. The van der Waals surface area contributed by atoms with E-state index in [1.807, 2.05) is 84.9 Å². The molecule has 13 rings (SSSR count). The zero-order valence-electron chi connectivity index (χ0n) is 39.4. The summed E-state index contributed by atoms with van der Waals surface area (Å²) in [4.78, 5) is 16.0. The summed E-state index contributed by atoms with van der Waals surface area (Å²) in [7, 11) is 0. The van der Waals surface area contributed by atoms with Crippen molar-refractivity contribution in [1.82, 2.24) is 24.1 Å². The van der Waals surface area contributed by atoms with Crippen LogP contribution < -0.4 is 0 Å². The summed E-state index contributed by atoms with van der Waals surface area (Å²) in [5.74, 6) is 1.20. The van der Waals surface area contributed by atoms with Gasteiger partial charge in [0.2, 0.25) is 0 Å². The van der Waals surface area contributed by atoms with Gasteiger partial charge in [-0.05, 0) is 65.7 Å². The van der Waals surface area contributed by atoms with E-state index >= 15 is 0 Å². The average Bonchev–Trinajstić information content (AvgIpc) is 4.07. The van der Waals surface area contributed by atoms with Gasteiger partial charge in [-0.3, -0.25) is 0 Å². The molecule has 0 atom stereocenters. The molecule has 4 aromatic heterocycles. The molecule has 294 valence electrons. The molecule has 0 aliphatic heterocycles. The van der Waals surface area contributed by atoms with Crippen LogP contribution >= 0.6 is 11.3 Å². The lowest BCUT2D eigenvalue weighted by Gasteiger charge is -2.17. The average molecular weight is 828 g/mol. The SMILES string of the molecule is [2H]c1cc([2H])c2c(c1[2H])c1c([2H])c([2H])cc([2H])c1n2-c1ccc(-c2cccc3c2sc2ccccc23)cc1-c1nc(-c2ccccc2)nc(-c2cccc3c2c2ccccc2n3-c2ccccc2)n1. The second kappa shape index (κ2) is 14.2. The minimum absolute atomic E-state index is 0.0552. The van der Waals surface area contributed by atoms with E-state index in [1.165, 1.54) is 22.2 Å². The third-order valence-corrected chi connectivity index (χ3v) is 13.2. The van der Waals surface area contributed by atoms with Gasteiger partial charge in [0.1, 0.15) is 0 Å². The van der Waals surface area contributed by atoms with Crippen LogP contribution in [0.3, 0.4) is 0 Å². The second-order valence-corrected chi connectivity index (χ2v) is 16.5. The molecule has 0 fully saturated rings. The van der Waals surface area contributed by atoms with Gasteiger partial charge < -0.3 is 9.13 Å². The topological polar surface area (TPSA) is 48.5 Å². The zero-order chi connectivity index (χ0) is 46.7. The van der Waals surface area contributed by atoms with Gasteiger partial charge in [0, 0.05) is 64.1 Å². The number of thiophene rings is 1. The van der Waals surface area contributed by atoms with E-state index in [1.54, 1.807) is 15.9 Å². The van der Waals surface area contributed by atoms with Gasteiger partial charge in [-0.25, -0.2) is 15.0 Å². The number of hydrogen-bond acceptors (Lipinski definition) is 4. The molecular weight excluding hydrogens is 787 g/mol. The molecule has 5 nitrogen and oxygen atoms in total. The van der Waals surface area contributed by atoms with Crippen molar-refractivity contribution in [2.75, 3.05) is 0 Å². The largest absolute Gasteiger partial charge is 0.309 e. The fourth-order valence-corrected chi connectivity index (χ4v) is 10.4. The monoisotopic (exact) mass is 827 g/mol. The Labute approximate surface area is 374 Å². The molecule has 63 heavy (non-hydrogen) atoms. The molecule has 0 unspecified atom stereocenters. The van der Waals surface area contributed by atoms with Gasteiger partial charge in [0.05, 0.1) is 36.0 Å². The van der Waals surface area contributed by atoms with Gasteiger partial charge in [0.25, 0.3) is 0 Å². The van der Waals surface area contributed by atoms with E-state index in [0.717, 1.165) is 59.8 Å². The van der Waals surface area contributed by atoms with Crippen molar-refractivity contribution in [2.24, 2.45) is 0 Å². The van der Waals surface area contributed by atoms with Crippen LogP contribution in [-0.4, -0.2) is 24.1 Å². The molecule has 0 radical (unpaired) electrons. The lowest BCUT2D eigenvalue weighted by atomic mass is 9.99. The highest BCUT2D eigenvalue weighted by atomic mass is 32.1. The van der Waals surface area contributed by atoms with E-state index < -0.39 is 0 Å². The molecule has 6 heteroatoms. The van der Waals surface area contributed by atoms with Gasteiger partial charge in [-0.15, -0.1) is 11.3 Å². The molecule has 13 aromatic rings. The number of para-hydroxylation sites is 4. The summed E-state index contributed by atoms with van der Waals surface area (Å²) >= 11 is 1.73. The van der Waals surface area contributed by atoms with Crippen molar-refractivity contribution in [1.29, 1.82) is 0 Å². The Kier molecular flexibility index (Phi) is 6.75.